The highest BCUT2D eigenvalue weighted by Gasteiger charge is 2.36. The van der Waals surface area contributed by atoms with Crippen LogP contribution in [0.15, 0.2) is 29.2 Å². The Morgan fingerprint density at radius 2 is 1.69 bits per heavy atom. The number of ether oxygens (including phenoxy) is 2. The molecular formula is C20H29N3O8S. The number of nitrogens with zero attached hydrogens (tertiary/aromatic N) is 1. The van der Waals surface area contributed by atoms with E-state index < -0.39 is 38.7 Å². The second-order valence-electron chi connectivity index (χ2n) is 8.63. The number of methoxy groups -OCH3 is 1. The molecule has 1 aliphatic rings. The first kappa shape index (κ1) is 25.5. The van der Waals surface area contributed by atoms with Gasteiger partial charge in [0, 0.05) is 18.2 Å². The van der Waals surface area contributed by atoms with Crippen LogP contribution in [0.2, 0.25) is 0 Å². The van der Waals surface area contributed by atoms with Crippen molar-refractivity contribution in [1.29, 1.82) is 0 Å². The SMILES string of the molecule is COC(=O)[C@H](NS(=O)(=O)c1ccc([N+](=O)[O-])cc1)C1CCC(NC(=O)OC(C)(C)C)CC1. The van der Waals surface area contributed by atoms with Gasteiger partial charge in [-0.15, -0.1) is 0 Å². The van der Waals surface area contributed by atoms with Gasteiger partial charge in [0.25, 0.3) is 5.69 Å². The third kappa shape index (κ3) is 7.16. The molecule has 178 valence electrons. The molecule has 0 bridgehead atoms. The predicted molar refractivity (Wildman–Crippen MR) is 114 cm³/mol. The fraction of sp³-hybridized carbons (Fsp3) is 0.600. The molecule has 32 heavy (non-hydrogen) atoms. The maximum absolute atomic E-state index is 12.8. The molecule has 11 nitrogen and oxygen atoms in total. The summed E-state index contributed by atoms with van der Waals surface area (Å²) in [6, 6.07) is 3.10. The van der Waals surface area contributed by atoms with Crippen molar-refractivity contribution >= 4 is 27.8 Å². The summed E-state index contributed by atoms with van der Waals surface area (Å²) < 4.78 is 38.0. The number of nitrogens with one attached hydrogen (secondary N) is 2. The minimum absolute atomic E-state index is 0.148. The molecule has 1 aliphatic carbocycles. The Bertz CT molecular complexity index is 933. The summed E-state index contributed by atoms with van der Waals surface area (Å²) in [6.45, 7) is 5.30. The molecule has 0 saturated heterocycles. The normalized spacial score (nSPS) is 20.1. The highest BCUT2D eigenvalue weighted by molar-refractivity contribution is 7.89. The third-order valence-corrected chi connectivity index (χ3v) is 6.52. The Labute approximate surface area is 187 Å². The lowest BCUT2D eigenvalue weighted by molar-refractivity contribution is -0.384. The number of hydrogen-bond donors (Lipinski definition) is 2. The van der Waals surface area contributed by atoms with Gasteiger partial charge in [-0.2, -0.15) is 4.72 Å². The molecule has 2 rings (SSSR count). The van der Waals surface area contributed by atoms with Crippen LogP contribution in [-0.2, 0) is 24.3 Å². The number of carbonyl (C=O) groups excluding carboxylic acids is 2. The smallest absolute Gasteiger partial charge is 0.407 e. The van der Waals surface area contributed by atoms with Crippen molar-refractivity contribution < 1.29 is 32.4 Å². The van der Waals surface area contributed by atoms with Crippen LogP contribution < -0.4 is 10.0 Å². The summed E-state index contributed by atoms with van der Waals surface area (Å²) in [6.07, 6.45) is 1.50. The van der Waals surface area contributed by atoms with Crippen LogP contribution in [0, 0.1) is 16.0 Å². The van der Waals surface area contributed by atoms with Crippen molar-refractivity contribution in [2.75, 3.05) is 7.11 Å². The molecule has 0 radical (unpaired) electrons. The first-order chi connectivity index (χ1) is 14.8. The maximum atomic E-state index is 12.8. The van der Waals surface area contributed by atoms with Crippen LogP contribution in [0.4, 0.5) is 10.5 Å². The van der Waals surface area contributed by atoms with Gasteiger partial charge >= 0.3 is 12.1 Å². The molecule has 1 aromatic carbocycles. The van der Waals surface area contributed by atoms with Crippen LogP contribution in [-0.4, -0.2) is 50.2 Å². The van der Waals surface area contributed by atoms with Crippen LogP contribution in [0.3, 0.4) is 0 Å². The van der Waals surface area contributed by atoms with Gasteiger partial charge in [0.2, 0.25) is 10.0 Å². The number of alkyl carbamates (subject to hydrolysis) is 1. The molecule has 1 aromatic rings. The topological polar surface area (TPSA) is 154 Å². The first-order valence-electron chi connectivity index (χ1n) is 10.2. The highest BCUT2D eigenvalue weighted by Crippen LogP contribution is 2.29. The number of esters is 1. The third-order valence-electron chi connectivity index (χ3n) is 5.06. The lowest BCUT2D eigenvalue weighted by Gasteiger charge is -2.33. The van der Waals surface area contributed by atoms with E-state index in [0.29, 0.717) is 25.7 Å². The zero-order chi connectivity index (χ0) is 24.1. The van der Waals surface area contributed by atoms with Gasteiger partial charge in [-0.05, 0) is 64.5 Å². The number of sulfonamides is 1. The summed E-state index contributed by atoms with van der Waals surface area (Å²) in [7, 11) is -2.95. The van der Waals surface area contributed by atoms with Crippen LogP contribution in [0.5, 0.6) is 0 Å². The molecule has 12 heteroatoms. The van der Waals surface area contributed by atoms with E-state index >= 15 is 0 Å². The standard InChI is InChI=1S/C20H29N3O8S/c1-20(2,3)31-19(25)21-14-7-5-13(6-8-14)17(18(24)30-4)22-32(28,29)16-11-9-15(10-12-16)23(26)27/h9-14,17,22H,5-8H2,1-4H3,(H,21,25)/t13?,14?,17-/m1/s1. The Balaban J connectivity index is 2.05. The van der Waals surface area contributed by atoms with E-state index in [4.69, 9.17) is 9.47 Å². The van der Waals surface area contributed by atoms with Gasteiger partial charge in [-0.1, -0.05) is 0 Å². The fourth-order valence-corrected chi connectivity index (χ4v) is 4.77. The number of nitro benzene ring substituents is 1. The molecule has 1 atom stereocenters. The van der Waals surface area contributed by atoms with Crippen molar-refractivity contribution in [3.63, 3.8) is 0 Å². The second kappa shape index (κ2) is 10.3. The van der Waals surface area contributed by atoms with Crippen molar-refractivity contribution in [2.24, 2.45) is 5.92 Å². The van der Waals surface area contributed by atoms with E-state index in [0.717, 1.165) is 24.3 Å². The van der Waals surface area contributed by atoms with Crippen LogP contribution in [0.1, 0.15) is 46.5 Å². The van der Waals surface area contributed by atoms with E-state index in [9.17, 15) is 28.1 Å². The summed E-state index contributed by atoms with van der Waals surface area (Å²) >= 11 is 0. The van der Waals surface area contributed by atoms with Crippen molar-refractivity contribution in [3.8, 4) is 0 Å². The molecule has 2 N–H and O–H groups in total. The summed E-state index contributed by atoms with van der Waals surface area (Å²) in [5, 5.41) is 13.6. The lowest BCUT2D eigenvalue weighted by atomic mass is 9.82. The van der Waals surface area contributed by atoms with E-state index in [-0.39, 0.29) is 22.5 Å². The van der Waals surface area contributed by atoms with E-state index in [2.05, 4.69) is 10.0 Å². The van der Waals surface area contributed by atoms with E-state index in [1.807, 2.05) is 0 Å². The van der Waals surface area contributed by atoms with Gasteiger partial charge in [0.1, 0.15) is 11.6 Å². The largest absolute Gasteiger partial charge is 0.468 e. The van der Waals surface area contributed by atoms with Crippen molar-refractivity contribution in [3.05, 3.63) is 34.4 Å². The molecule has 0 aromatic heterocycles. The highest BCUT2D eigenvalue weighted by atomic mass is 32.2. The number of carbonyl (C=O) groups is 2. The number of nitro groups is 1. The number of benzene rings is 1. The average molecular weight is 472 g/mol. The van der Waals surface area contributed by atoms with Gasteiger partial charge < -0.3 is 14.8 Å². The molecule has 0 spiro atoms. The fourth-order valence-electron chi connectivity index (χ4n) is 3.52. The molecule has 0 unspecified atom stereocenters. The first-order valence-corrected chi connectivity index (χ1v) is 11.6. The molecule has 1 saturated carbocycles. The average Bonchev–Trinajstić information content (AvgIpc) is 2.71. The van der Waals surface area contributed by atoms with Gasteiger partial charge in [0.05, 0.1) is 16.9 Å². The zero-order valence-corrected chi connectivity index (χ0v) is 19.3. The molecule has 1 amide bonds. The summed E-state index contributed by atoms with van der Waals surface area (Å²) in [5.41, 5.74) is -0.864. The second-order valence-corrected chi connectivity index (χ2v) is 10.3. The van der Waals surface area contributed by atoms with Gasteiger partial charge in [0.15, 0.2) is 0 Å². The molecule has 1 fully saturated rings. The van der Waals surface area contributed by atoms with E-state index in [1.54, 1.807) is 20.8 Å². The quantitative estimate of drug-likeness (QED) is 0.349. The maximum Gasteiger partial charge on any atom is 0.407 e. The Hall–Kier alpha value is -2.73. The minimum Gasteiger partial charge on any atom is -0.468 e. The number of non-ortho nitro benzene ring substituents is 1. The van der Waals surface area contributed by atoms with Gasteiger partial charge in [-0.3, -0.25) is 14.9 Å². The summed E-state index contributed by atoms with van der Waals surface area (Å²) in [5.74, 6) is -1.06. The molecule has 0 heterocycles. The Morgan fingerprint density at radius 3 is 2.16 bits per heavy atom. The monoisotopic (exact) mass is 471 g/mol. The number of rotatable bonds is 7. The minimum atomic E-state index is -4.12. The van der Waals surface area contributed by atoms with Crippen LogP contribution >= 0.6 is 0 Å². The zero-order valence-electron chi connectivity index (χ0n) is 18.5. The Morgan fingerprint density at radius 1 is 1.12 bits per heavy atom. The molecule has 0 aliphatic heterocycles. The number of hydrogen-bond acceptors (Lipinski definition) is 8. The van der Waals surface area contributed by atoms with Gasteiger partial charge in [-0.25, -0.2) is 13.2 Å². The lowest BCUT2D eigenvalue weighted by Crippen LogP contribution is -2.49. The Kier molecular flexibility index (Phi) is 8.18. The summed E-state index contributed by atoms with van der Waals surface area (Å²) in [4.78, 5) is 34.3. The van der Waals surface area contributed by atoms with Crippen molar-refractivity contribution in [2.45, 2.75) is 69.0 Å². The predicted octanol–water partition coefficient (Wildman–Crippen LogP) is 2.50. The molecular weight excluding hydrogens is 442 g/mol. The van der Waals surface area contributed by atoms with Crippen LogP contribution in [0.25, 0.3) is 0 Å². The van der Waals surface area contributed by atoms with Crippen molar-refractivity contribution in [1.82, 2.24) is 10.0 Å². The number of amides is 1. The van der Waals surface area contributed by atoms with E-state index in [1.165, 1.54) is 7.11 Å².